The minimum absolute atomic E-state index is 0.0320. The lowest BCUT2D eigenvalue weighted by molar-refractivity contribution is 0.581. The van der Waals surface area contributed by atoms with Gasteiger partial charge in [-0.15, -0.1) is 11.8 Å². The fourth-order valence-corrected chi connectivity index (χ4v) is 2.28. The number of nitrogens with two attached hydrogens (primary N) is 1. The molecule has 0 spiro atoms. The fraction of sp³-hybridized carbons (Fsp3) is 0.385. The van der Waals surface area contributed by atoms with E-state index in [1.54, 1.807) is 18.1 Å². The lowest BCUT2D eigenvalue weighted by Crippen LogP contribution is -2.16. The molecule has 0 saturated carbocycles. The van der Waals surface area contributed by atoms with E-state index in [1.807, 2.05) is 4.68 Å². The first kappa shape index (κ1) is 13.1. The highest BCUT2D eigenvalue weighted by atomic mass is 32.2. The van der Waals surface area contributed by atoms with Crippen LogP contribution in [0.3, 0.4) is 0 Å². The summed E-state index contributed by atoms with van der Waals surface area (Å²) in [5, 5.41) is 4.16. The number of benzene rings is 1. The zero-order chi connectivity index (χ0) is 13.0. The van der Waals surface area contributed by atoms with Crippen LogP contribution >= 0.6 is 11.8 Å². The Hall–Kier alpha value is -1.33. The molecular weight excluding hydrogens is 244 g/mol. The van der Waals surface area contributed by atoms with Crippen molar-refractivity contribution in [1.29, 1.82) is 0 Å². The molecule has 0 radical (unpaired) electrons. The largest absolute Gasteiger partial charge is 0.324 e. The Morgan fingerprint density at radius 1 is 1.33 bits per heavy atom. The molecule has 0 saturated heterocycles. The van der Waals surface area contributed by atoms with Crippen LogP contribution in [-0.2, 0) is 13.0 Å². The zero-order valence-electron chi connectivity index (χ0n) is 10.7. The Morgan fingerprint density at radius 2 is 2.06 bits per heavy atom. The molecule has 2 rings (SSSR count). The minimum Gasteiger partial charge on any atom is -0.324 e. The Balaban J connectivity index is 2.09. The fourth-order valence-electron chi connectivity index (χ4n) is 1.88. The van der Waals surface area contributed by atoms with Gasteiger partial charge in [0, 0.05) is 23.9 Å². The first-order valence-corrected chi connectivity index (χ1v) is 7.23. The predicted molar refractivity (Wildman–Crippen MR) is 74.6 cm³/mol. The van der Waals surface area contributed by atoms with Gasteiger partial charge in [0.25, 0.3) is 0 Å². The Kier molecular flexibility index (Phi) is 4.38. The standard InChI is InChI=1S/C13H18N4S/c1-3-17-13(15-9-16-17)8-12(14)10-4-6-11(18-2)7-5-10/h4-7,9,12H,3,8,14H2,1-2H3. The number of aromatic nitrogens is 3. The summed E-state index contributed by atoms with van der Waals surface area (Å²) < 4.78 is 1.89. The molecule has 1 heterocycles. The zero-order valence-corrected chi connectivity index (χ0v) is 11.5. The van der Waals surface area contributed by atoms with Crippen molar-refractivity contribution in [1.82, 2.24) is 14.8 Å². The van der Waals surface area contributed by atoms with Crippen molar-refractivity contribution in [3.05, 3.63) is 42.0 Å². The number of rotatable bonds is 5. The number of nitrogens with zero attached hydrogens (tertiary/aromatic N) is 3. The molecule has 1 aromatic heterocycles. The van der Waals surface area contributed by atoms with Gasteiger partial charge in [-0.1, -0.05) is 12.1 Å². The van der Waals surface area contributed by atoms with Crippen molar-refractivity contribution in [3.63, 3.8) is 0 Å². The molecule has 0 aliphatic rings. The summed E-state index contributed by atoms with van der Waals surface area (Å²) >= 11 is 1.73. The van der Waals surface area contributed by atoms with Gasteiger partial charge in [-0.2, -0.15) is 5.10 Å². The van der Waals surface area contributed by atoms with Gasteiger partial charge in [0.2, 0.25) is 0 Å². The Morgan fingerprint density at radius 3 is 2.67 bits per heavy atom. The van der Waals surface area contributed by atoms with E-state index < -0.39 is 0 Å². The third-order valence-electron chi connectivity index (χ3n) is 2.94. The molecule has 5 heteroatoms. The van der Waals surface area contributed by atoms with Crippen LogP contribution in [0.1, 0.15) is 24.4 Å². The van der Waals surface area contributed by atoms with Gasteiger partial charge < -0.3 is 5.73 Å². The van der Waals surface area contributed by atoms with E-state index in [-0.39, 0.29) is 6.04 Å². The smallest absolute Gasteiger partial charge is 0.138 e. The van der Waals surface area contributed by atoms with Crippen LogP contribution in [-0.4, -0.2) is 21.0 Å². The van der Waals surface area contributed by atoms with Crippen LogP contribution in [0.15, 0.2) is 35.5 Å². The van der Waals surface area contributed by atoms with Gasteiger partial charge in [0.1, 0.15) is 12.2 Å². The van der Waals surface area contributed by atoms with Gasteiger partial charge in [0.05, 0.1) is 0 Å². The lowest BCUT2D eigenvalue weighted by atomic mass is 10.0. The molecule has 0 aliphatic heterocycles. The van der Waals surface area contributed by atoms with E-state index >= 15 is 0 Å². The van der Waals surface area contributed by atoms with Gasteiger partial charge in [-0.05, 0) is 30.9 Å². The summed E-state index contributed by atoms with van der Waals surface area (Å²) in [6, 6.07) is 8.34. The molecule has 1 unspecified atom stereocenters. The predicted octanol–water partition coefficient (Wildman–Crippen LogP) is 2.26. The van der Waals surface area contributed by atoms with Crippen LogP contribution in [0.2, 0.25) is 0 Å². The third-order valence-corrected chi connectivity index (χ3v) is 3.69. The summed E-state index contributed by atoms with van der Waals surface area (Å²) in [6.07, 6.45) is 4.37. The average molecular weight is 262 g/mol. The molecule has 96 valence electrons. The maximum atomic E-state index is 6.21. The molecule has 0 amide bonds. The van der Waals surface area contributed by atoms with Crippen LogP contribution < -0.4 is 5.73 Å². The molecule has 1 aromatic carbocycles. The molecule has 1 atom stereocenters. The molecule has 2 N–H and O–H groups in total. The highest BCUT2D eigenvalue weighted by Gasteiger charge is 2.11. The van der Waals surface area contributed by atoms with Crippen molar-refractivity contribution < 1.29 is 0 Å². The molecule has 2 aromatic rings. The van der Waals surface area contributed by atoms with E-state index in [0.29, 0.717) is 6.42 Å². The van der Waals surface area contributed by atoms with Gasteiger partial charge in [-0.3, -0.25) is 4.68 Å². The highest BCUT2D eigenvalue weighted by molar-refractivity contribution is 7.98. The van der Waals surface area contributed by atoms with E-state index in [1.165, 1.54) is 4.90 Å². The number of aryl methyl sites for hydroxylation is 1. The molecular formula is C13H18N4S. The summed E-state index contributed by atoms with van der Waals surface area (Å²) in [5.41, 5.74) is 7.35. The van der Waals surface area contributed by atoms with Crippen LogP contribution in [0.25, 0.3) is 0 Å². The number of thioether (sulfide) groups is 1. The minimum atomic E-state index is -0.0320. The van der Waals surface area contributed by atoms with E-state index in [2.05, 4.69) is 47.5 Å². The quantitative estimate of drug-likeness (QED) is 0.840. The van der Waals surface area contributed by atoms with Gasteiger partial charge in [-0.25, -0.2) is 4.98 Å². The Bertz CT molecular complexity index is 492. The summed E-state index contributed by atoms with van der Waals surface area (Å²) in [5.74, 6) is 0.943. The van der Waals surface area contributed by atoms with Crippen molar-refractivity contribution in [2.24, 2.45) is 5.73 Å². The van der Waals surface area contributed by atoms with Crippen LogP contribution in [0, 0.1) is 0 Å². The lowest BCUT2D eigenvalue weighted by Gasteiger charge is -2.12. The van der Waals surface area contributed by atoms with E-state index in [4.69, 9.17) is 5.73 Å². The second kappa shape index (κ2) is 6.02. The topological polar surface area (TPSA) is 56.7 Å². The summed E-state index contributed by atoms with van der Waals surface area (Å²) in [4.78, 5) is 5.51. The highest BCUT2D eigenvalue weighted by Crippen LogP contribution is 2.19. The van der Waals surface area contributed by atoms with Crippen LogP contribution in [0.4, 0.5) is 0 Å². The monoisotopic (exact) mass is 262 g/mol. The van der Waals surface area contributed by atoms with Gasteiger partial charge in [0.15, 0.2) is 0 Å². The third kappa shape index (κ3) is 2.91. The average Bonchev–Trinajstić information content (AvgIpc) is 2.86. The normalized spacial score (nSPS) is 12.6. The molecule has 0 bridgehead atoms. The summed E-state index contributed by atoms with van der Waals surface area (Å²) in [7, 11) is 0. The molecule has 0 fully saturated rings. The van der Waals surface area contributed by atoms with E-state index in [0.717, 1.165) is 17.9 Å². The van der Waals surface area contributed by atoms with Crippen molar-refractivity contribution >= 4 is 11.8 Å². The molecule has 4 nitrogen and oxygen atoms in total. The molecule has 0 aliphatic carbocycles. The Labute approximate surface area is 112 Å². The number of hydrogen-bond acceptors (Lipinski definition) is 4. The maximum absolute atomic E-state index is 6.21. The second-order valence-electron chi connectivity index (χ2n) is 4.08. The first-order chi connectivity index (χ1) is 8.74. The molecule has 18 heavy (non-hydrogen) atoms. The van der Waals surface area contributed by atoms with Crippen molar-refractivity contribution in [3.8, 4) is 0 Å². The van der Waals surface area contributed by atoms with Gasteiger partial charge >= 0.3 is 0 Å². The van der Waals surface area contributed by atoms with Crippen molar-refractivity contribution in [2.75, 3.05) is 6.26 Å². The summed E-state index contributed by atoms with van der Waals surface area (Å²) in [6.45, 7) is 2.88. The first-order valence-electron chi connectivity index (χ1n) is 6.00. The van der Waals surface area contributed by atoms with Crippen LogP contribution in [0.5, 0.6) is 0 Å². The number of hydrogen-bond donors (Lipinski definition) is 1. The van der Waals surface area contributed by atoms with Crippen molar-refractivity contribution in [2.45, 2.75) is 30.8 Å². The van der Waals surface area contributed by atoms with E-state index in [9.17, 15) is 0 Å². The second-order valence-corrected chi connectivity index (χ2v) is 4.96. The SMILES string of the molecule is CCn1ncnc1CC(N)c1ccc(SC)cc1. The maximum Gasteiger partial charge on any atom is 0.138 e.